The molecule has 5 heterocycles. The van der Waals surface area contributed by atoms with Gasteiger partial charge in [0.15, 0.2) is 11.6 Å². The third-order valence-corrected chi connectivity index (χ3v) is 12.5. The summed E-state index contributed by atoms with van der Waals surface area (Å²) in [4.78, 5) is 70.0. The van der Waals surface area contributed by atoms with Gasteiger partial charge in [-0.2, -0.15) is 0 Å². The molecule has 2 saturated heterocycles. The van der Waals surface area contributed by atoms with Crippen molar-refractivity contribution >= 4 is 40.4 Å². The highest BCUT2D eigenvalue weighted by atomic mass is 19.1. The Hall–Kier alpha value is -5.74. The number of benzene rings is 2. The molecule has 4 aliphatic rings. The number of carboxylic acids is 1. The smallest absolute Gasteiger partial charge is 0.410 e. The number of likely N-dealkylation sites (tertiary alicyclic amines) is 1. The van der Waals surface area contributed by atoms with Crippen molar-refractivity contribution in [1.29, 1.82) is 0 Å². The van der Waals surface area contributed by atoms with Crippen LogP contribution in [0.2, 0.25) is 0 Å². The topological polar surface area (TPSA) is 168 Å². The molecule has 63 heavy (non-hydrogen) atoms. The number of pyridine rings is 1. The molecule has 4 atom stereocenters. The number of hydrogen-bond acceptors (Lipinski definition) is 11. The molecular formula is C47H55FN4O11. The van der Waals surface area contributed by atoms with Gasteiger partial charge in [-0.05, 0) is 83.9 Å². The Morgan fingerprint density at radius 3 is 2.38 bits per heavy atom. The average molecular weight is 871 g/mol. The second-order valence-electron chi connectivity index (χ2n) is 17.8. The fourth-order valence-electron chi connectivity index (χ4n) is 9.61. The molecule has 1 saturated carbocycles. The molecule has 4 unspecified atom stereocenters. The van der Waals surface area contributed by atoms with Gasteiger partial charge < -0.3 is 47.7 Å². The lowest BCUT2D eigenvalue weighted by Crippen LogP contribution is -2.50. The van der Waals surface area contributed by atoms with Crippen LogP contribution in [0.25, 0.3) is 10.9 Å². The standard InChI is InChI=1S/C47H55FN4O11/c1-27(61-22-20-60-21-23-62-45(57)31-17-19-50-34(31)15-16-35(50)41(53)28-10-7-6-8-11-28)38-37(44(55)56)42(54)32-24-33(48)40(43(59-5)39(32)52(38)30-13-14-30)49-25-29-12-9-18-51(36(29)26-49)46(58)63-47(2,3)4/h6-8,10-11,15-16,24,27,29-31,36H,9,12-14,17-23,25-26H2,1-5H3,(H,55,56). The summed E-state index contributed by atoms with van der Waals surface area (Å²) in [7, 11) is 1.41. The quantitative estimate of drug-likeness (QED) is 0.0749. The molecule has 0 bridgehead atoms. The van der Waals surface area contributed by atoms with Crippen molar-refractivity contribution < 1.29 is 52.4 Å². The number of fused-ring (bicyclic) bond motifs is 3. The Morgan fingerprint density at radius 1 is 0.937 bits per heavy atom. The SMILES string of the molecule is COc1c(N2CC3CCCN(C(=O)OC(C)(C)C)C3C2)c(F)cc2c(=O)c(C(=O)O)c(C(C)OCCOCCOC(=O)C3CCn4c(C(=O)c5ccccc5)ccc43)n(C3CC3)c12. The van der Waals surface area contributed by atoms with Gasteiger partial charge in [0.25, 0.3) is 0 Å². The number of aromatic nitrogens is 2. The van der Waals surface area contributed by atoms with Crippen LogP contribution in [-0.2, 0) is 30.3 Å². The first-order valence-electron chi connectivity index (χ1n) is 21.8. The maximum absolute atomic E-state index is 16.5. The Morgan fingerprint density at radius 2 is 1.68 bits per heavy atom. The summed E-state index contributed by atoms with van der Waals surface area (Å²) in [6, 6.07) is 13.2. The van der Waals surface area contributed by atoms with E-state index in [0.717, 1.165) is 24.6 Å². The van der Waals surface area contributed by atoms with Gasteiger partial charge in [0.05, 0.1) is 67.3 Å². The van der Waals surface area contributed by atoms with Crippen molar-refractivity contribution in [2.75, 3.05) is 58.1 Å². The number of piperidine rings is 1. The predicted molar refractivity (Wildman–Crippen MR) is 229 cm³/mol. The number of carboxylic acid groups (broad SMARTS) is 1. The van der Waals surface area contributed by atoms with Gasteiger partial charge in [0, 0.05) is 43.5 Å². The van der Waals surface area contributed by atoms with Crippen LogP contribution in [0.3, 0.4) is 0 Å². The number of carbonyl (C=O) groups is 4. The zero-order chi connectivity index (χ0) is 44.7. The van der Waals surface area contributed by atoms with Gasteiger partial charge in [-0.25, -0.2) is 14.0 Å². The molecule has 15 nitrogen and oxygen atoms in total. The molecule has 0 spiro atoms. The number of ketones is 1. The largest absolute Gasteiger partial charge is 0.492 e. The van der Waals surface area contributed by atoms with Crippen LogP contribution in [0.5, 0.6) is 5.75 Å². The van der Waals surface area contributed by atoms with Crippen LogP contribution in [0.4, 0.5) is 14.9 Å². The van der Waals surface area contributed by atoms with E-state index in [-0.39, 0.29) is 72.7 Å². The van der Waals surface area contributed by atoms with Crippen molar-refractivity contribution in [2.24, 2.45) is 5.92 Å². The number of ether oxygens (including phenoxy) is 5. The highest BCUT2D eigenvalue weighted by Crippen LogP contribution is 2.48. The number of amides is 1. The Labute approximate surface area is 364 Å². The van der Waals surface area contributed by atoms with Crippen molar-refractivity contribution in [3.63, 3.8) is 0 Å². The zero-order valence-corrected chi connectivity index (χ0v) is 36.4. The van der Waals surface area contributed by atoms with E-state index in [0.29, 0.717) is 62.2 Å². The minimum Gasteiger partial charge on any atom is -0.492 e. The van der Waals surface area contributed by atoms with Gasteiger partial charge in [-0.3, -0.25) is 14.4 Å². The van der Waals surface area contributed by atoms with E-state index < -0.39 is 52.5 Å². The van der Waals surface area contributed by atoms with Crippen LogP contribution >= 0.6 is 0 Å². The highest BCUT2D eigenvalue weighted by molar-refractivity contribution is 6.08. The van der Waals surface area contributed by atoms with E-state index in [1.807, 2.05) is 48.4 Å². The molecule has 1 N–H and O–H groups in total. The number of hydrogen-bond donors (Lipinski definition) is 1. The van der Waals surface area contributed by atoms with E-state index in [1.54, 1.807) is 40.7 Å². The summed E-state index contributed by atoms with van der Waals surface area (Å²) < 4.78 is 49.2. The normalized spacial score (nSPS) is 20.1. The van der Waals surface area contributed by atoms with E-state index in [1.165, 1.54) is 7.11 Å². The van der Waals surface area contributed by atoms with Crippen molar-refractivity contribution in [2.45, 2.75) is 96.1 Å². The van der Waals surface area contributed by atoms with Crippen LogP contribution in [0.15, 0.2) is 53.3 Å². The van der Waals surface area contributed by atoms with E-state index >= 15 is 4.39 Å². The van der Waals surface area contributed by atoms with E-state index in [4.69, 9.17) is 23.7 Å². The maximum Gasteiger partial charge on any atom is 0.410 e. The molecule has 16 heteroatoms. The first kappa shape index (κ1) is 43.9. The number of esters is 1. The summed E-state index contributed by atoms with van der Waals surface area (Å²) in [6.45, 7) is 9.12. The number of methoxy groups -OCH3 is 1. The number of aromatic carboxylic acids is 1. The molecule has 2 aromatic heterocycles. The number of nitrogens with zero attached hydrogens (tertiary/aromatic N) is 4. The zero-order valence-electron chi connectivity index (χ0n) is 36.4. The summed E-state index contributed by atoms with van der Waals surface area (Å²) in [5, 5.41) is 10.3. The Kier molecular flexibility index (Phi) is 12.4. The molecule has 8 rings (SSSR count). The van der Waals surface area contributed by atoms with Gasteiger partial charge in [-0.1, -0.05) is 30.3 Å². The fraction of sp³-hybridized carbons (Fsp3) is 0.511. The molecule has 336 valence electrons. The summed E-state index contributed by atoms with van der Waals surface area (Å²) in [5.74, 6) is -3.02. The molecular weight excluding hydrogens is 816 g/mol. The Balaban J connectivity index is 0.946. The first-order chi connectivity index (χ1) is 30.2. The summed E-state index contributed by atoms with van der Waals surface area (Å²) in [6.07, 6.45) is 2.23. The van der Waals surface area contributed by atoms with Crippen molar-refractivity contribution in [3.05, 3.63) is 92.8 Å². The lowest BCUT2D eigenvalue weighted by molar-refractivity contribution is -0.147. The third kappa shape index (κ3) is 8.66. The number of rotatable bonds is 15. The predicted octanol–water partition coefficient (Wildman–Crippen LogP) is 6.88. The first-order valence-corrected chi connectivity index (χ1v) is 21.8. The minimum atomic E-state index is -1.46. The number of anilines is 1. The minimum absolute atomic E-state index is 0.00725. The van der Waals surface area contributed by atoms with Crippen molar-refractivity contribution in [1.82, 2.24) is 14.0 Å². The lowest BCUT2D eigenvalue weighted by atomic mass is 9.92. The van der Waals surface area contributed by atoms with Crippen LogP contribution in [0.1, 0.15) is 116 Å². The van der Waals surface area contributed by atoms with E-state index in [2.05, 4.69) is 0 Å². The second-order valence-corrected chi connectivity index (χ2v) is 17.8. The molecule has 2 aromatic carbocycles. The third-order valence-electron chi connectivity index (χ3n) is 12.5. The fourth-order valence-corrected chi connectivity index (χ4v) is 9.61. The van der Waals surface area contributed by atoms with E-state index in [9.17, 15) is 29.1 Å². The van der Waals surface area contributed by atoms with Gasteiger partial charge in [0.2, 0.25) is 11.2 Å². The summed E-state index contributed by atoms with van der Waals surface area (Å²) >= 11 is 0. The number of halogens is 1. The molecule has 3 aliphatic heterocycles. The molecule has 0 radical (unpaired) electrons. The van der Waals surface area contributed by atoms with Gasteiger partial charge >= 0.3 is 18.0 Å². The lowest BCUT2D eigenvalue weighted by Gasteiger charge is -2.37. The Bertz CT molecular complexity index is 2470. The average Bonchev–Trinajstić information content (AvgIpc) is 3.64. The van der Waals surface area contributed by atoms with Gasteiger partial charge in [-0.15, -0.1) is 0 Å². The van der Waals surface area contributed by atoms with Gasteiger partial charge in [0.1, 0.15) is 23.5 Å². The van der Waals surface area contributed by atoms with Crippen LogP contribution < -0.4 is 15.1 Å². The number of carbonyl (C=O) groups excluding carboxylic acids is 3. The molecule has 3 fully saturated rings. The van der Waals surface area contributed by atoms with Crippen LogP contribution in [-0.4, -0.2) is 108 Å². The molecule has 4 aromatic rings. The second kappa shape index (κ2) is 17.8. The maximum atomic E-state index is 16.5. The highest BCUT2D eigenvalue weighted by Gasteiger charge is 2.45. The monoisotopic (exact) mass is 870 g/mol. The van der Waals surface area contributed by atoms with Crippen LogP contribution in [0, 0.1) is 11.7 Å². The van der Waals surface area contributed by atoms with Crippen molar-refractivity contribution in [3.8, 4) is 5.75 Å². The molecule has 1 aliphatic carbocycles. The molecule has 1 amide bonds. The summed E-state index contributed by atoms with van der Waals surface area (Å²) in [5.41, 5.74) is 0.414.